The molecule has 0 saturated heterocycles. The Balaban J connectivity index is 1.65. The molecule has 0 spiro atoms. The molecule has 1 aromatic carbocycles. The van der Waals surface area contributed by atoms with Gasteiger partial charge < -0.3 is 19.7 Å². The molecule has 0 aliphatic carbocycles. The number of aromatic nitrogens is 2. The summed E-state index contributed by atoms with van der Waals surface area (Å²) < 4.78 is 11.0. The highest BCUT2D eigenvalue weighted by atomic mass is 32.2. The Kier molecular flexibility index (Phi) is 6.88. The number of fused-ring (bicyclic) bond motifs is 1. The highest BCUT2D eigenvalue weighted by molar-refractivity contribution is 8.01. The first kappa shape index (κ1) is 20.9. The fourth-order valence-electron chi connectivity index (χ4n) is 2.54. The van der Waals surface area contributed by atoms with Crippen molar-refractivity contribution in [3.05, 3.63) is 24.3 Å². The number of nitrogens with zero attached hydrogens (tertiary/aromatic N) is 3. The second-order valence-electron chi connectivity index (χ2n) is 5.70. The number of hydrogen-bond acceptors (Lipinski definition) is 9. The zero-order valence-electron chi connectivity index (χ0n) is 15.7. The molecule has 0 bridgehead atoms. The Morgan fingerprint density at radius 2 is 2.14 bits per heavy atom. The molecule has 3 rings (SSSR count). The average molecular weight is 438 g/mol. The van der Waals surface area contributed by atoms with E-state index >= 15 is 0 Å². The average Bonchev–Trinajstić information content (AvgIpc) is 3.17. The number of para-hydroxylation sites is 2. The fourth-order valence-corrected chi connectivity index (χ4v) is 4.16. The number of amides is 3. The van der Waals surface area contributed by atoms with E-state index in [9.17, 15) is 14.4 Å². The van der Waals surface area contributed by atoms with Crippen molar-refractivity contribution in [2.45, 2.75) is 17.4 Å². The molecule has 1 aromatic heterocycles. The molecule has 2 aromatic rings. The number of carbonyl (C=O) groups excluding carboxylic acids is 3. The lowest BCUT2D eigenvalue weighted by Gasteiger charge is -2.33. The van der Waals surface area contributed by atoms with Gasteiger partial charge in [0.15, 0.2) is 10.4 Å². The molecule has 0 fully saturated rings. The molecule has 1 unspecified atom stereocenters. The Morgan fingerprint density at radius 1 is 1.34 bits per heavy atom. The SMILES string of the molecule is CCOC(=O)Nc1nnc(SCC(=O)N2CC(C(=O)NC)Oc3ccccc32)s1. The van der Waals surface area contributed by atoms with Crippen LogP contribution in [0.5, 0.6) is 5.75 Å². The summed E-state index contributed by atoms with van der Waals surface area (Å²) in [5.74, 6) is 0.0593. The smallest absolute Gasteiger partial charge is 0.413 e. The lowest BCUT2D eigenvalue weighted by molar-refractivity contribution is -0.127. The molecule has 3 amide bonds. The van der Waals surface area contributed by atoms with Gasteiger partial charge >= 0.3 is 6.09 Å². The third kappa shape index (κ3) is 5.15. The van der Waals surface area contributed by atoms with Crippen molar-refractivity contribution in [1.82, 2.24) is 15.5 Å². The van der Waals surface area contributed by atoms with Crippen LogP contribution in [0.3, 0.4) is 0 Å². The second-order valence-corrected chi connectivity index (χ2v) is 7.90. The topological polar surface area (TPSA) is 123 Å². The summed E-state index contributed by atoms with van der Waals surface area (Å²) >= 11 is 2.33. The maximum Gasteiger partial charge on any atom is 0.413 e. The van der Waals surface area contributed by atoms with E-state index in [1.807, 2.05) is 0 Å². The first-order valence-corrected chi connectivity index (χ1v) is 10.5. The zero-order valence-corrected chi connectivity index (χ0v) is 17.3. The number of ether oxygens (including phenoxy) is 2. The number of anilines is 2. The molecular formula is C17H19N5O5S2. The first-order valence-electron chi connectivity index (χ1n) is 8.69. The fraction of sp³-hybridized carbons (Fsp3) is 0.353. The van der Waals surface area contributed by atoms with E-state index in [0.717, 1.165) is 11.3 Å². The second kappa shape index (κ2) is 9.56. The standard InChI is InChI=1S/C17H19N5O5S2/c1-3-26-16(25)19-15-20-21-17(29-15)28-9-13(23)22-8-12(14(24)18-2)27-11-7-5-4-6-10(11)22/h4-7,12H,3,8-9H2,1-2H3,(H,18,24)(H,19,20,25). The van der Waals surface area contributed by atoms with E-state index in [0.29, 0.717) is 15.8 Å². The summed E-state index contributed by atoms with van der Waals surface area (Å²) in [6.07, 6.45) is -1.40. The number of benzene rings is 1. The van der Waals surface area contributed by atoms with Crippen molar-refractivity contribution >= 4 is 51.8 Å². The predicted molar refractivity (Wildman–Crippen MR) is 109 cm³/mol. The lowest BCUT2D eigenvalue weighted by Crippen LogP contribution is -2.50. The maximum absolute atomic E-state index is 12.8. The van der Waals surface area contributed by atoms with Crippen molar-refractivity contribution in [3.8, 4) is 5.75 Å². The number of carbonyl (C=O) groups is 3. The van der Waals surface area contributed by atoms with Gasteiger partial charge in [0, 0.05) is 7.05 Å². The molecule has 154 valence electrons. The van der Waals surface area contributed by atoms with Crippen molar-refractivity contribution < 1.29 is 23.9 Å². The van der Waals surface area contributed by atoms with Gasteiger partial charge in [-0.3, -0.25) is 14.9 Å². The van der Waals surface area contributed by atoms with E-state index in [2.05, 4.69) is 20.8 Å². The van der Waals surface area contributed by atoms with Gasteiger partial charge in [-0.1, -0.05) is 35.2 Å². The molecule has 12 heteroatoms. The summed E-state index contributed by atoms with van der Waals surface area (Å²) in [4.78, 5) is 37.8. The lowest BCUT2D eigenvalue weighted by atomic mass is 10.2. The number of likely N-dealkylation sites (N-methyl/N-ethyl adjacent to an activating group) is 1. The number of hydrogen-bond donors (Lipinski definition) is 2. The van der Waals surface area contributed by atoms with Crippen LogP contribution in [0.1, 0.15) is 6.92 Å². The van der Waals surface area contributed by atoms with Crippen LogP contribution in [0.15, 0.2) is 28.6 Å². The Labute approximate surface area is 175 Å². The van der Waals surface area contributed by atoms with Crippen molar-refractivity contribution in [2.75, 3.05) is 36.2 Å². The van der Waals surface area contributed by atoms with Crippen LogP contribution in [0.4, 0.5) is 15.6 Å². The highest BCUT2D eigenvalue weighted by Gasteiger charge is 2.33. The summed E-state index contributed by atoms with van der Waals surface area (Å²) in [6, 6.07) is 7.07. The third-order valence-corrected chi connectivity index (χ3v) is 5.78. The largest absolute Gasteiger partial charge is 0.477 e. The van der Waals surface area contributed by atoms with Gasteiger partial charge in [0.05, 0.1) is 24.6 Å². The monoisotopic (exact) mass is 437 g/mol. The summed E-state index contributed by atoms with van der Waals surface area (Å²) in [5, 5.41) is 13.1. The minimum atomic E-state index is -0.786. The molecule has 2 N–H and O–H groups in total. The number of nitrogens with one attached hydrogen (secondary N) is 2. The van der Waals surface area contributed by atoms with E-state index in [-0.39, 0.29) is 35.9 Å². The maximum atomic E-state index is 12.8. The molecule has 10 nitrogen and oxygen atoms in total. The van der Waals surface area contributed by atoms with Gasteiger partial charge in [0.1, 0.15) is 5.75 Å². The predicted octanol–water partition coefficient (Wildman–Crippen LogP) is 1.74. The molecular weight excluding hydrogens is 418 g/mol. The Hall–Kier alpha value is -2.86. The molecule has 0 radical (unpaired) electrons. The van der Waals surface area contributed by atoms with Crippen LogP contribution in [0.25, 0.3) is 0 Å². The summed E-state index contributed by atoms with van der Waals surface area (Å²) in [6.45, 7) is 2.06. The van der Waals surface area contributed by atoms with Crippen LogP contribution in [0, 0.1) is 0 Å². The minimum Gasteiger partial charge on any atom is -0.477 e. The molecule has 1 aliphatic heterocycles. The highest BCUT2D eigenvalue weighted by Crippen LogP contribution is 2.34. The van der Waals surface area contributed by atoms with Gasteiger partial charge in [0.25, 0.3) is 5.91 Å². The molecule has 29 heavy (non-hydrogen) atoms. The van der Waals surface area contributed by atoms with E-state index < -0.39 is 12.2 Å². The van der Waals surface area contributed by atoms with Crippen LogP contribution in [0.2, 0.25) is 0 Å². The van der Waals surface area contributed by atoms with Crippen molar-refractivity contribution in [2.24, 2.45) is 0 Å². The Bertz CT molecular complexity index is 906. The van der Waals surface area contributed by atoms with Gasteiger partial charge in [-0.15, -0.1) is 10.2 Å². The first-order chi connectivity index (χ1) is 14.0. The summed E-state index contributed by atoms with van der Waals surface area (Å²) in [5.41, 5.74) is 0.611. The quantitative estimate of drug-likeness (QED) is 0.518. The number of rotatable bonds is 6. The van der Waals surface area contributed by atoms with E-state index in [4.69, 9.17) is 9.47 Å². The van der Waals surface area contributed by atoms with Crippen LogP contribution < -0.4 is 20.3 Å². The van der Waals surface area contributed by atoms with Gasteiger partial charge in [0.2, 0.25) is 11.0 Å². The number of thioether (sulfide) groups is 1. The molecule has 2 heterocycles. The summed E-state index contributed by atoms with van der Waals surface area (Å²) in [7, 11) is 1.52. The van der Waals surface area contributed by atoms with Crippen LogP contribution in [-0.2, 0) is 14.3 Å². The normalized spacial score (nSPS) is 15.1. The molecule has 1 atom stereocenters. The molecule has 1 aliphatic rings. The Morgan fingerprint density at radius 3 is 2.90 bits per heavy atom. The van der Waals surface area contributed by atoms with Crippen LogP contribution in [-0.4, -0.2) is 60.2 Å². The van der Waals surface area contributed by atoms with Crippen molar-refractivity contribution in [3.63, 3.8) is 0 Å². The zero-order chi connectivity index (χ0) is 20.8. The van der Waals surface area contributed by atoms with E-state index in [1.165, 1.54) is 23.7 Å². The molecule has 0 saturated carbocycles. The van der Waals surface area contributed by atoms with Gasteiger partial charge in [-0.25, -0.2) is 4.79 Å². The van der Waals surface area contributed by atoms with Crippen LogP contribution >= 0.6 is 23.1 Å². The van der Waals surface area contributed by atoms with Crippen molar-refractivity contribution in [1.29, 1.82) is 0 Å². The third-order valence-electron chi connectivity index (χ3n) is 3.82. The minimum absolute atomic E-state index is 0.0861. The van der Waals surface area contributed by atoms with E-state index in [1.54, 1.807) is 31.2 Å². The van der Waals surface area contributed by atoms with Gasteiger partial charge in [-0.2, -0.15) is 0 Å². The van der Waals surface area contributed by atoms with Gasteiger partial charge in [-0.05, 0) is 19.1 Å².